The van der Waals surface area contributed by atoms with Crippen LogP contribution in [0.1, 0.15) is 25.0 Å². The van der Waals surface area contributed by atoms with Gasteiger partial charge in [0.1, 0.15) is 0 Å². The zero-order chi connectivity index (χ0) is 36.9. The third kappa shape index (κ3) is 7.55. The average Bonchev–Trinajstić information content (AvgIpc) is 3.72. The van der Waals surface area contributed by atoms with Gasteiger partial charge in [-0.2, -0.15) is 0 Å². The molecule has 6 rings (SSSR count). The van der Waals surface area contributed by atoms with Crippen LogP contribution in [0.4, 0.5) is 0 Å². The smallest absolute Gasteiger partial charge is 1.00 e. The standard InChI is InChI=1S/2C20H25SSi2.C3H6.2ClH.Zr/c2*1-22(2,3)17-12-15(14-10-8-7-9-11-14)16-13-18(23(4,5)6)20(21)19(16)17;1-3-2;;;/h2*7-12,16H,1-6H3;1-2H3;2*1H;/q;;;;;+2/p-2. The maximum absolute atomic E-state index is 6.80. The molecule has 2 aromatic rings. The van der Waals surface area contributed by atoms with Gasteiger partial charge in [0.25, 0.3) is 0 Å². The fraction of sp³-hybridized carbons (Fsp3) is 0.372. The summed E-state index contributed by atoms with van der Waals surface area (Å²) in [4.78, 5) is 2.45. The first-order valence-corrected chi connectivity index (χ1v) is 36.9. The number of fused-ring (bicyclic) bond motifs is 2. The number of rotatable bonds is 8. The van der Waals surface area contributed by atoms with Crippen molar-refractivity contribution < 1.29 is 46.1 Å². The minimum Gasteiger partial charge on any atom is -1.00 e. The third-order valence-corrected chi connectivity index (χ3v) is 29.1. The Bertz CT molecular complexity index is 1930. The second kappa shape index (κ2) is 15.3. The number of thiocarbonyl (C=S) groups is 2. The van der Waals surface area contributed by atoms with Gasteiger partial charge in [-0.1, -0.05) is 0 Å². The summed E-state index contributed by atoms with van der Waals surface area (Å²) in [6, 6.07) is 22.6. The van der Waals surface area contributed by atoms with Crippen molar-refractivity contribution in [3.63, 3.8) is 0 Å². The van der Waals surface area contributed by atoms with Crippen LogP contribution in [-0.2, 0) is 21.3 Å². The summed E-state index contributed by atoms with van der Waals surface area (Å²) in [5.74, 6) is 0.549. The molecule has 2 atom stereocenters. The summed E-state index contributed by atoms with van der Waals surface area (Å²) in [7, 11) is -7.18. The van der Waals surface area contributed by atoms with Gasteiger partial charge in [0.05, 0.1) is 0 Å². The second-order valence-corrected chi connectivity index (χ2v) is 46.9. The zero-order valence-corrected chi connectivity index (χ0v) is 43.3. The van der Waals surface area contributed by atoms with E-state index in [0.717, 1.165) is 0 Å². The molecule has 9 heteroatoms. The molecule has 0 saturated carbocycles. The molecular weight excluding hydrogens is 855 g/mol. The number of hydrogen-bond acceptors (Lipinski definition) is 2. The van der Waals surface area contributed by atoms with Crippen molar-refractivity contribution in [2.75, 3.05) is 0 Å². The van der Waals surface area contributed by atoms with Gasteiger partial charge >= 0.3 is 329 Å². The summed E-state index contributed by atoms with van der Waals surface area (Å²) in [6.07, 6.45) is 5.24. The van der Waals surface area contributed by atoms with E-state index in [-0.39, 0.29) is 36.6 Å². The van der Waals surface area contributed by atoms with E-state index in [4.69, 9.17) is 24.4 Å². The SMILES string of the molecule is C[C](C)=[Zr+2]([C]1=C([Si](C)(C)C)C(=S)C2=C([Si](C)(C)C)C=C(c3ccccc3)C21)[C]1=C([Si](C)(C)C)C(=S)C2=C([Si](C)(C)C)C=C(c3ccccc3)C21.[Cl-].[Cl-]. The van der Waals surface area contributed by atoms with E-state index in [1.54, 1.807) is 30.6 Å². The minimum absolute atomic E-state index is 0. The van der Waals surface area contributed by atoms with Gasteiger partial charge in [0, 0.05) is 0 Å². The summed E-state index contributed by atoms with van der Waals surface area (Å²) in [6.45, 7) is 35.5. The van der Waals surface area contributed by atoms with Crippen molar-refractivity contribution >= 4 is 80.8 Å². The Morgan fingerprint density at radius 2 is 0.808 bits per heavy atom. The topological polar surface area (TPSA) is 0 Å². The molecule has 0 aliphatic heterocycles. The Morgan fingerprint density at radius 3 is 1.06 bits per heavy atom. The largest absolute Gasteiger partial charge is 1.00 e. The van der Waals surface area contributed by atoms with Gasteiger partial charge in [-0.05, 0) is 0 Å². The first-order valence-electron chi connectivity index (χ1n) is 18.4. The minimum atomic E-state index is -2.88. The fourth-order valence-electron chi connectivity index (χ4n) is 8.88. The van der Waals surface area contributed by atoms with Crippen LogP contribution in [0.25, 0.3) is 11.1 Å². The number of hydrogen-bond donors (Lipinski definition) is 0. The van der Waals surface area contributed by atoms with Gasteiger partial charge in [-0.25, -0.2) is 0 Å². The Morgan fingerprint density at radius 1 is 0.500 bits per heavy atom. The maximum atomic E-state index is 6.80. The maximum Gasteiger partial charge on any atom is -1.00 e. The molecule has 0 N–H and O–H groups in total. The van der Waals surface area contributed by atoms with Crippen molar-refractivity contribution in [2.24, 2.45) is 11.8 Å². The molecule has 0 saturated heterocycles. The first kappa shape index (κ1) is 44.0. The predicted molar refractivity (Wildman–Crippen MR) is 239 cm³/mol. The third-order valence-electron chi connectivity index (χ3n) is 10.8. The number of benzene rings is 2. The monoisotopic (exact) mass is 908 g/mol. The summed E-state index contributed by atoms with van der Waals surface area (Å²) < 4.78 is 5.25. The quantitative estimate of drug-likeness (QED) is 0.216. The van der Waals surface area contributed by atoms with Gasteiger partial charge < -0.3 is 24.8 Å². The summed E-state index contributed by atoms with van der Waals surface area (Å²) in [5.41, 5.74) is 8.77. The Labute approximate surface area is 350 Å². The summed E-state index contributed by atoms with van der Waals surface area (Å²) in [5, 5.41) is 6.42. The molecule has 0 nitrogen and oxygen atoms in total. The van der Waals surface area contributed by atoms with Crippen LogP contribution >= 0.6 is 24.4 Å². The van der Waals surface area contributed by atoms with E-state index < -0.39 is 53.6 Å². The van der Waals surface area contributed by atoms with Crippen molar-refractivity contribution in [3.05, 3.63) is 122 Å². The fourth-order valence-corrected chi connectivity index (χ4v) is 34.0. The van der Waals surface area contributed by atoms with Gasteiger partial charge in [-0.15, -0.1) is 0 Å². The van der Waals surface area contributed by atoms with Crippen LogP contribution in [0.15, 0.2) is 111 Å². The van der Waals surface area contributed by atoms with Crippen LogP contribution < -0.4 is 24.8 Å². The molecule has 4 aliphatic rings. The van der Waals surface area contributed by atoms with Crippen LogP contribution in [-0.4, -0.2) is 45.2 Å². The molecule has 0 bridgehead atoms. The van der Waals surface area contributed by atoms with E-state index in [0.29, 0.717) is 0 Å². The average molecular weight is 912 g/mol. The van der Waals surface area contributed by atoms with E-state index in [1.165, 1.54) is 43.1 Å². The molecule has 0 fully saturated rings. The molecule has 0 amide bonds. The van der Waals surface area contributed by atoms with E-state index in [1.807, 2.05) is 0 Å². The molecule has 4 aliphatic carbocycles. The Balaban J connectivity index is 0.00000302. The molecule has 52 heavy (non-hydrogen) atoms. The van der Waals surface area contributed by atoms with E-state index in [9.17, 15) is 0 Å². The van der Waals surface area contributed by atoms with Crippen LogP contribution in [0.2, 0.25) is 78.6 Å². The zero-order valence-electron chi connectivity index (χ0n) is 33.7. The normalized spacial score (nSPS) is 20.4. The van der Waals surface area contributed by atoms with Gasteiger partial charge in [0.15, 0.2) is 0 Å². The molecule has 0 radical (unpaired) electrons. The van der Waals surface area contributed by atoms with E-state index in [2.05, 4.69) is 165 Å². The second-order valence-electron chi connectivity index (χ2n) is 19.1. The number of allylic oxidation sites excluding steroid dienone is 12. The van der Waals surface area contributed by atoms with Crippen LogP contribution in [0.5, 0.6) is 0 Å². The van der Waals surface area contributed by atoms with Crippen LogP contribution in [0, 0.1) is 11.8 Å². The first-order chi connectivity index (χ1) is 23.1. The van der Waals surface area contributed by atoms with Crippen molar-refractivity contribution in [2.45, 2.75) is 92.4 Å². The molecular formula is C43H56Cl2S2Si4Zr. The van der Waals surface area contributed by atoms with Crippen LogP contribution in [0.3, 0.4) is 0 Å². The Kier molecular flexibility index (Phi) is 12.9. The van der Waals surface area contributed by atoms with Gasteiger partial charge in [0.2, 0.25) is 0 Å². The summed E-state index contributed by atoms with van der Waals surface area (Å²) >= 11 is 10.7. The van der Waals surface area contributed by atoms with Crippen molar-refractivity contribution in [3.8, 4) is 0 Å². The van der Waals surface area contributed by atoms with Crippen molar-refractivity contribution in [1.82, 2.24) is 0 Å². The molecule has 2 aromatic carbocycles. The molecule has 0 aromatic heterocycles. The molecule has 0 spiro atoms. The Hall–Kier alpha value is -0.739. The molecule has 274 valence electrons. The van der Waals surface area contributed by atoms with Gasteiger partial charge in [-0.3, -0.25) is 0 Å². The molecule has 0 heterocycles. The van der Waals surface area contributed by atoms with E-state index >= 15 is 0 Å². The van der Waals surface area contributed by atoms with Crippen molar-refractivity contribution in [1.29, 1.82) is 0 Å². The predicted octanol–water partition coefficient (Wildman–Crippen LogP) is 6.63. The number of halogens is 2. The molecule has 2 unspecified atom stereocenters.